The quantitative estimate of drug-likeness (QED) is 0.569. The molecule has 0 radical (unpaired) electrons. The summed E-state index contributed by atoms with van der Waals surface area (Å²) in [4.78, 5) is 35.6. The molecular weight excluding hydrogens is 332 g/mol. The molecule has 2 atom stereocenters. The summed E-state index contributed by atoms with van der Waals surface area (Å²) in [6.45, 7) is 3.69. The predicted molar refractivity (Wildman–Crippen MR) is 86.1 cm³/mol. The molecule has 0 spiro atoms. The van der Waals surface area contributed by atoms with Gasteiger partial charge in [0.2, 0.25) is 5.91 Å². The summed E-state index contributed by atoms with van der Waals surface area (Å²) in [5, 5.41) is 24.1. The highest BCUT2D eigenvalue weighted by Crippen LogP contribution is 2.25. The number of hydrogen-bond acceptors (Lipinski definition) is 6. The molecular formula is C15H22N4O6. The molecule has 1 amide bonds. The number of amides is 1. The van der Waals surface area contributed by atoms with Gasteiger partial charge in [0.05, 0.1) is 24.0 Å². The number of carboxylic acids is 1. The number of aryl methyl sites for hydroxylation is 2. The summed E-state index contributed by atoms with van der Waals surface area (Å²) < 4.78 is 6.70. The zero-order valence-corrected chi connectivity index (χ0v) is 14.5. The monoisotopic (exact) mass is 354 g/mol. The van der Waals surface area contributed by atoms with E-state index in [-0.39, 0.29) is 37.1 Å². The second-order valence-electron chi connectivity index (χ2n) is 6.14. The van der Waals surface area contributed by atoms with Crippen LogP contribution in [0.4, 0.5) is 5.69 Å². The van der Waals surface area contributed by atoms with Crippen molar-refractivity contribution in [3.05, 3.63) is 21.5 Å². The molecule has 1 fully saturated rings. The molecule has 0 saturated carbocycles. The number of carbonyl (C=O) groups is 2. The summed E-state index contributed by atoms with van der Waals surface area (Å²) >= 11 is 0. The minimum Gasteiger partial charge on any atom is -0.481 e. The summed E-state index contributed by atoms with van der Waals surface area (Å²) in [6, 6.07) is -0.398. The summed E-state index contributed by atoms with van der Waals surface area (Å²) in [5.41, 5.74) is 0.657. The van der Waals surface area contributed by atoms with E-state index in [9.17, 15) is 19.7 Å². The zero-order chi connectivity index (χ0) is 18.7. The number of ether oxygens (including phenoxy) is 1. The molecule has 25 heavy (non-hydrogen) atoms. The second-order valence-corrected chi connectivity index (χ2v) is 6.14. The van der Waals surface area contributed by atoms with Gasteiger partial charge in [-0.2, -0.15) is 5.10 Å². The molecule has 0 aliphatic carbocycles. The Morgan fingerprint density at radius 1 is 1.44 bits per heavy atom. The van der Waals surface area contributed by atoms with Crippen molar-refractivity contribution < 1.29 is 24.4 Å². The van der Waals surface area contributed by atoms with Crippen molar-refractivity contribution in [3.63, 3.8) is 0 Å². The highest BCUT2D eigenvalue weighted by molar-refractivity contribution is 5.78. The van der Waals surface area contributed by atoms with E-state index < -0.39 is 16.9 Å². The Morgan fingerprint density at radius 3 is 2.64 bits per heavy atom. The van der Waals surface area contributed by atoms with Crippen LogP contribution in [0.25, 0.3) is 0 Å². The number of nitro groups is 1. The molecule has 2 heterocycles. The zero-order valence-electron chi connectivity index (χ0n) is 14.5. The van der Waals surface area contributed by atoms with Crippen LogP contribution in [0.1, 0.15) is 30.7 Å². The molecule has 10 heteroatoms. The molecule has 10 nitrogen and oxygen atoms in total. The van der Waals surface area contributed by atoms with Crippen molar-refractivity contribution in [2.24, 2.45) is 0 Å². The highest BCUT2D eigenvalue weighted by Gasteiger charge is 2.36. The van der Waals surface area contributed by atoms with Gasteiger partial charge in [0.25, 0.3) is 0 Å². The van der Waals surface area contributed by atoms with E-state index >= 15 is 0 Å². The van der Waals surface area contributed by atoms with Crippen molar-refractivity contribution in [2.75, 3.05) is 13.7 Å². The first kappa shape index (κ1) is 18.8. The average molecular weight is 354 g/mol. The summed E-state index contributed by atoms with van der Waals surface area (Å²) in [6.07, 6.45) is 0.269. The van der Waals surface area contributed by atoms with Crippen LogP contribution in [0.15, 0.2) is 0 Å². The first-order valence-electron chi connectivity index (χ1n) is 7.97. The maximum atomic E-state index is 12.5. The Labute approximate surface area is 144 Å². The molecule has 1 saturated heterocycles. The lowest BCUT2D eigenvalue weighted by molar-refractivity contribution is -0.386. The molecule has 1 N–H and O–H groups in total. The minimum absolute atomic E-state index is 0.0446. The molecule has 138 valence electrons. The van der Waals surface area contributed by atoms with Crippen LogP contribution < -0.4 is 0 Å². The lowest BCUT2D eigenvalue weighted by atomic mass is 10.1. The highest BCUT2D eigenvalue weighted by atomic mass is 16.6. The fourth-order valence-corrected chi connectivity index (χ4v) is 3.26. The number of hydrogen-bond donors (Lipinski definition) is 1. The Kier molecular flexibility index (Phi) is 5.73. The third-order valence-electron chi connectivity index (χ3n) is 4.50. The van der Waals surface area contributed by atoms with E-state index in [1.54, 1.807) is 13.8 Å². The van der Waals surface area contributed by atoms with Crippen LogP contribution in [0, 0.1) is 24.0 Å². The van der Waals surface area contributed by atoms with Crippen molar-refractivity contribution >= 4 is 17.6 Å². The van der Waals surface area contributed by atoms with Gasteiger partial charge in [0.15, 0.2) is 0 Å². The van der Waals surface area contributed by atoms with Crippen molar-refractivity contribution in [2.45, 2.75) is 51.8 Å². The van der Waals surface area contributed by atoms with E-state index in [0.717, 1.165) is 0 Å². The number of likely N-dealkylation sites (tertiary alicyclic amines) is 1. The predicted octanol–water partition coefficient (Wildman–Crippen LogP) is 0.889. The molecule has 1 aromatic heterocycles. The van der Waals surface area contributed by atoms with E-state index in [4.69, 9.17) is 9.84 Å². The van der Waals surface area contributed by atoms with Gasteiger partial charge in [0, 0.05) is 26.1 Å². The van der Waals surface area contributed by atoms with Crippen molar-refractivity contribution in [3.8, 4) is 0 Å². The second kappa shape index (κ2) is 7.60. The number of methoxy groups -OCH3 is 1. The van der Waals surface area contributed by atoms with E-state index in [2.05, 4.69) is 5.10 Å². The van der Waals surface area contributed by atoms with Crippen LogP contribution in [0.2, 0.25) is 0 Å². The Balaban J connectivity index is 2.05. The van der Waals surface area contributed by atoms with Crippen LogP contribution in [-0.2, 0) is 20.9 Å². The smallest absolute Gasteiger partial charge is 0.312 e. The van der Waals surface area contributed by atoms with Gasteiger partial charge in [-0.1, -0.05) is 0 Å². The fraction of sp³-hybridized carbons (Fsp3) is 0.667. The number of nitrogens with zero attached hydrogens (tertiary/aromatic N) is 4. The topological polar surface area (TPSA) is 128 Å². The van der Waals surface area contributed by atoms with Crippen LogP contribution in [-0.4, -0.2) is 62.4 Å². The summed E-state index contributed by atoms with van der Waals surface area (Å²) in [7, 11) is 1.53. The van der Waals surface area contributed by atoms with Gasteiger partial charge in [-0.05, 0) is 20.3 Å². The number of rotatable bonds is 7. The maximum absolute atomic E-state index is 12.5. The van der Waals surface area contributed by atoms with Gasteiger partial charge < -0.3 is 14.7 Å². The molecule has 1 aliphatic rings. The molecule has 0 aromatic carbocycles. The number of carbonyl (C=O) groups excluding carboxylic acids is 1. The normalized spacial score (nSPS) is 20.0. The molecule has 1 aliphatic heterocycles. The lowest BCUT2D eigenvalue weighted by Gasteiger charge is -2.23. The average Bonchev–Trinajstić information content (AvgIpc) is 3.05. The van der Waals surface area contributed by atoms with Gasteiger partial charge in [0.1, 0.15) is 11.4 Å². The lowest BCUT2D eigenvalue weighted by Crippen LogP contribution is -2.37. The van der Waals surface area contributed by atoms with E-state index in [0.29, 0.717) is 24.4 Å². The summed E-state index contributed by atoms with van der Waals surface area (Å²) in [5.74, 6) is -1.17. The maximum Gasteiger partial charge on any atom is 0.312 e. The SMILES string of the molecule is COC1CC(CC(=O)O)N(C(=O)CCn2nc(C)c([N+](=O)[O-])c2C)C1. The molecule has 2 unspecified atom stereocenters. The van der Waals surface area contributed by atoms with Crippen LogP contribution in [0.5, 0.6) is 0 Å². The largest absolute Gasteiger partial charge is 0.481 e. The standard InChI is InChI=1S/C15H22N4O6/c1-9-15(19(23)24)10(2)18(16-9)5-4-13(20)17-8-12(25-3)6-11(17)7-14(21)22/h11-12H,4-8H2,1-3H3,(H,21,22). The van der Waals surface area contributed by atoms with Gasteiger partial charge in [-0.15, -0.1) is 0 Å². The number of aliphatic carboxylic acids is 1. The molecule has 2 rings (SSSR count). The van der Waals surface area contributed by atoms with Gasteiger partial charge in [-0.3, -0.25) is 24.4 Å². The molecule has 1 aromatic rings. The minimum atomic E-state index is -0.964. The number of carboxylic acid groups (broad SMARTS) is 1. The van der Waals surface area contributed by atoms with Crippen molar-refractivity contribution in [1.29, 1.82) is 0 Å². The van der Waals surface area contributed by atoms with Crippen LogP contribution in [0.3, 0.4) is 0 Å². The Morgan fingerprint density at radius 2 is 2.12 bits per heavy atom. The first-order valence-corrected chi connectivity index (χ1v) is 7.97. The third-order valence-corrected chi connectivity index (χ3v) is 4.50. The number of aromatic nitrogens is 2. The Hall–Kier alpha value is -2.49. The van der Waals surface area contributed by atoms with Gasteiger partial charge in [-0.25, -0.2) is 0 Å². The van der Waals surface area contributed by atoms with Crippen LogP contribution >= 0.6 is 0 Å². The van der Waals surface area contributed by atoms with E-state index in [1.165, 1.54) is 16.7 Å². The Bertz CT molecular complexity index is 686. The third kappa shape index (κ3) is 4.13. The van der Waals surface area contributed by atoms with E-state index in [1.807, 2.05) is 0 Å². The molecule has 0 bridgehead atoms. The fourth-order valence-electron chi connectivity index (χ4n) is 3.26. The first-order chi connectivity index (χ1) is 11.7. The van der Waals surface area contributed by atoms with Crippen molar-refractivity contribution in [1.82, 2.24) is 14.7 Å². The van der Waals surface area contributed by atoms with Gasteiger partial charge >= 0.3 is 11.7 Å².